The Hall–Kier alpha value is -1.22. The summed E-state index contributed by atoms with van der Waals surface area (Å²) in [4.78, 5) is 0. The number of ether oxygens (including phenoxy) is 1. The summed E-state index contributed by atoms with van der Waals surface area (Å²) >= 11 is 11.8. The highest BCUT2D eigenvalue weighted by molar-refractivity contribution is 6.31. The van der Waals surface area contributed by atoms with Crippen molar-refractivity contribution in [3.8, 4) is 11.5 Å². The molecule has 0 unspecified atom stereocenters. The average Bonchev–Trinajstić information content (AvgIpc) is 2.34. The second kappa shape index (κ2) is 5.61. The van der Waals surface area contributed by atoms with Crippen molar-refractivity contribution >= 4 is 23.2 Å². The summed E-state index contributed by atoms with van der Waals surface area (Å²) < 4.78 is 5.76. The minimum Gasteiger partial charge on any atom is -0.457 e. The van der Waals surface area contributed by atoms with E-state index in [-0.39, 0.29) is 6.61 Å². The van der Waals surface area contributed by atoms with E-state index in [9.17, 15) is 5.11 Å². The Morgan fingerprint density at radius 2 is 1.61 bits per heavy atom. The van der Waals surface area contributed by atoms with Gasteiger partial charge in [0.25, 0.3) is 0 Å². The smallest absolute Gasteiger partial charge is 0.133 e. The maximum Gasteiger partial charge on any atom is 0.133 e. The summed E-state index contributed by atoms with van der Waals surface area (Å²) in [7, 11) is 0. The van der Waals surface area contributed by atoms with Crippen LogP contribution in [0.5, 0.6) is 11.5 Å². The topological polar surface area (TPSA) is 29.5 Å². The molecule has 0 saturated carbocycles. The Kier molecular flexibility index (Phi) is 4.12. The SMILES string of the molecule is Cc1cc(Cl)ccc1Oc1ccc(Cl)cc1CO. The molecule has 2 aromatic rings. The fraction of sp³-hybridized carbons (Fsp3) is 0.143. The van der Waals surface area contributed by atoms with E-state index in [0.29, 0.717) is 27.1 Å². The van der Waals surface area contributed by atoms with Gasteiger partial charge in [-0.1, -0.05) is 23.2 Å². The van der Waals surface area contributed by atoms with E-state index in [0.717, 1.165) is 5.56 Å². The monoisotopic (exact) mass is 282 g/mol. The molecule has 2 rings (SSSR count). The van der Waals surface area contributed by atoms with Gasteiger partial charge in [-0.05, 0) is 48.9 Å². The first kappa shape index (κ1) is 13.2. The van der Waals surface area contributed by atoms with E-state index in [1.54, 1.807) is 30.3 Å². The van der Waals surface area contributed by atoms with E-state index in [4.69, 9.17) is 27.9 Å². The van der Waals surface area contributed by atoms with Crippen LogP contribution in [-0.2, 0) is 6.61 Å². The van der Waals surface area contributed by atoms with Gasteiger partial charge < -0.3 is 9.84 Å². The summed E-state index contributed by atoms with van der Waals surface area (Å²) in [6.45, 7) is 1.79. The van der Waals surface area contributed by atoms with Crippen LogP contribution in [0.25, 0.3) is 0 Å². The molecule has 0 aliphatic rings. The highest BCUT2D eigenvalue weighted by Crippen LogP contribution is 2.31. The van der Waals surface area contributed by atoms with Crippen LogP contribution in [0.4, 0.5) is 0 Å². The first-order valence-corrected chi connectivity index (χ1v) is 6.19. The summed E-state index contributed by atoms with van der Waals surface area (Å²) in [6, 6.07) is 10.5. The maximum atomic E-state index is 9.27. The Morgan fingerprint density at radius 3 is 2.22 bits per heavy atom. The van der Waals surface area contributed by atoms with Gasteiger partial charge in [-0.25, -0.2) is 0 Å². The van der Waals surface area contributed by atoms with Crippen LogP contribution in [0.15, 0.2) is 36.4 Å². The van der Waals surface area contributed by atoms with Gasteiger partial charge in [0.05, 0.1) is 6.61 Å². The molecule has 2 nitrogen and oxygen atoms in total. The minimum atomic E-state index is -0.122. The van der Waals surface area contributed by atoms with Gasteiger partial charge in [0.15, 0.2) is 0 Å². The van der Waals surface area contributed by atoms with E-state index in [1.165, 1.54) is 0 Å². The first-order valence-electron chi connectivity index (χ1n) is 5.43. The lowest BCUT2D eigenvalue weighted by molar-refractivity contribution is 0.276. The molecule has 0 spiro atoms. The zero-order chi connectivity index (χ0) is 13.1. The lowest BCUT2D eigenvalue weighted by Gasteiger charge is -2.12. The molecule has 0 heterocycles. The van der Waals surface area contributed by atoms with Gasteiger partial charge in [0.1, 0.15) is 11.5 Å². The van der Waals surface area contributed by atoms with E-state index < -0.39 is 0 Å². The summed E-state index contributed by atoms with van der Waals surface area (Å²) in [5.41, 5.74) is 1.58. The molecule has 0 bridgehead atoms. The van der Waals surface area contributed by atoms with Gasteiger partial charge in [-0.15, -0.1) is 0 Å². The molecule has 94 valence electrons. The van der Waals surface area contributed by atoms with Crippen LogP contribution in [0.3, 0.4) is 0 Å². The predicted octanol–water partition coefficient (Wildman–Crippen LogP) is 4.59. The second-order valence-electron chi connectivity index (χ2n) is 3.92. The van der Waals surface area contributed by atoms with Crippen molar-refractivity contribution in [2.75, 3.05) is 0 Å². The van der Waals surface area contributed by atoms with Crippen LogP contribution in [0, 0.1) is 6.92 Å². The van der Waals surface area contributed by atoms with Crippen molar-refractivity contribution in [2.45, 2.75) is 13.5 Å². The zero-order valence-electron chi connectivity index (χ0n) is 9.78. The number of rotatable bonds is 3. The molecular weight excluding hydrogens is 271 g/mol. The molecule has 0 aromatic heterocycles. The summed E-state index contributed by atoms with van der Waals surface area (Å²) in [5.74, 6) is 1.30. The van der Waals surface area contributed by atoms with Crippen LogP contribution < -0.4 is 4.74 Å². The lowest BCUT2D eigenvalue weighted by atomic mass is 10.2. The predicted molar refractivity (Wildman–Crippen MR) is 73.6 cm³/mol. The van der Waals surface area contributed by atoms with Crippen LogP contribution in [0.2, 0.25) is 10.0 Å². The van der Waals surface area contributed by atoms with Crippen LogP contribution >= 0.6 is 23.2 Å². The zero-order valence-corrected chi connectivity index (χ0v) is 11.3. The highest BCUT2D eigenvalue weighted by Gasteiger charge is 2.07. The minimum absolute atomic E-state index is 0.122. The highest BCUT2D eigenvalue weighted by atomic mass is 35.5. The van der Waals surface area contributed by atoms with E-state index >= 15 is 0 Å². The third-order valence-electron chi connectivity index (χ3n) is 2.55. The molecule has 18 heavy (non-hydrogen) atoms. The maximum absolute atomic E-state index is 9.27. The molecular formula is C14H12Cl2O2. The molecule has 0 radical (unpaired) electrons. The fourth-order valence-corrected chi connectivity index (χ4v) is 2.04. The van der Waals surface area contributed by atoms with Gasteiger partial charge in [-0.2, -0.15) is 0 Å². The summed E-state index contributed by atoms with van der Waals surface area (Å²) in [5, 5.41) is 10.5. The first-order chi connectivity index (χ1) is 8.60. The van der Waals surface area contributed by atoms with Crippen LogP contribution in [-0.4, -0.2) is 5.11 Å². The Balaban J connectivity index is 2.33. The Bertz CT molecular complexity index is 568. The second-order valence-corrected chi connectivity index (χ2v) is 4.79. The number of hydrogen-bond donors (Lipinski definition) is 1. The largest absolute Gasteiger partial charge is 0.457 e. The number of aryl methyl sites for hydroxylation is 1. The molecule has 0 fully saturated rings. The number of benzene rings is 2. The van der Waals surface area contributed by atoms with Crippen molar-refractivity contribution in [3.05, 3.63) is 57.6 Å². The van der Waals surface area contributed by atoms with Crippen molar-refractivity contribution in [3.63, 3.8) is 0 Å². The Labute approximate surface area is 116 Å². The van der Waals surface area contributed by atoms with Gasteiger partial charge in [-0.3, -0.25) is 0 Å². The van der Waals surface area contributed by atoms with E-state index in [1.807, 2.05) is 13.0 Å². The van der Waals surface area contributed by atoms with Crippen molar-refractivity contribution in [2.24, 2.45) is 0 Å². The summed E-state index contributed by atoms with van der Waals surface area (Å²) in [6.07, 6.45) is 0. The van der Waals surface area contributed by atoms with Crippen molar-refractivity contribution in [1.82, 2.24) is 0 Å². The third kappa shape index (κ3) is 2.96. The number of halogens is 2. The number of hydrogen-bond acceptors (Lipinski definition) is 2. The number of aliphatic hydroxyl groups is 1. The normalized spacial score (nSPS) is 10.4. The molecule has 4 heteroatoms. The molecule has 0 aliphatic heterocycles. The van der Waals surface area contributed by atoms with Crippen molar-refractivity contribution in [1.29, 1.82) is 0 Å². The molecule has 2 aromatic carbocycles. The molecule has 0 atom stereocenters. The quantitative estimate of drug-likeness (QED) is 0.893. The van der Waals surface area contributed by atoms with Crippen LogP contribution in [0.1, 0.15) is 11.1 Å². The van der Waals surface area contributed by atoms with Gasteiger partial charge in [0.2, 0.25) is 0 Å². The number of aliphatic hydroxyl groups excluding tert-OH is 1. The Morgan fingerprint density at radius 1 is 1.00 bits per heavy atom. The lowest BCUT2D eigenvalue weighted by Crippen LogP contribution is -1.93. The van der Waals surface area contributed by atoms with Gasteiger partial charge >= 0.3 is 0 Å². The van der Waals surface area contributed by atoms with E-state index in [2.05, 4.69) is 0 Å². The fourth-order valence-electron chi connectivity index (χ4n) is 1.62. The standard InChI is InChI=1S/C14H12Cl2O2/c1-9-6-11(15)2-4-13(9)18-14-5-3-12(16)7-10(14)8-17/h2-7,17H,8H2,1H3. The molecule has 0 saturated heterocycles. The molecule has 0 aliphatic carbocycles. The van der Waals surface area contributed by atoms with Crippen molar-refractivity contribution < 1.29 is 9.84 Å². The average molecular weight is 283 g/mol. The third-order valence-corrected chi connectivity index (χ3v) is 3.02. The molecule has 0 amide bonds. The van der Waals surface area contributed by atoms with Gasteiger partial charge in [0, 0.05) is 15.6 Å². The molecule has 1 N–H and O–H groups in total.